The van der Waals surface area contributed by atoms with Crippen LogP contribution in [0.3, 0.4) is 0 Å². The van der Waals surface area contributed by atoms with Crippen molar-refractivity contribution in [3.8, 4) is 5.75 Å². The van der Waals surface area contributed by atoms with E-state index in [9.17, 15) is 9.59 Å². The molecule has 0 unspecified atom stereocenters. The van der Waals surface area contributed by atoms with Crippen LogP contribution in [-0.2, 0) is 19.1 Å². The fraction of sp³-hybridized carbons (Fsp3) is 0.333. The number of hydrogen-bond donors (Lipinski definition) is 1. The molecule has 18 heavy (non-hydrogen) atoms. The van der Waals surface area contributed by atoms with Gasteiger partial charge in [0.05, 0.1) is 20.1 Å². The van der Waals surface area contributed by atoms with Crippen molar-refractivity contribution < 1.29 is 23.8 Å². The highest BCUT2D eigenvalue weighted by molar-refractivity contribution is 5.76. The molecular formula is C12H15NO5. The predicted octanol–water partition coefficient (Wildman–Crippen LogP) is 0.754. The number of ether oxygens (including phenoxy) is 3. The average molecular weight is 253 g/mol. The standard InChI is InChI=1S/C12H15NO5/c1-16-12(15)8-18-11(14)6-7-17-10-4-2-9(13)3-5-10/h2-5H,6-8,13H2,1H3. The van der Waals surface area contributed by atoms with Crippen LogP contribution in [0, 0.1) is 0 Å². The minimum absolute atomic E-state index is 0.0569. The molecule has 2 N–H and O–H groups in total. The Bertz CT molecular complexity index is 401. The van der Waals surface area contributed by atoms with Gasteiger partial charge in [-0.25, -0.2) is 4.79 Å². The van der Waals surface area contributed by atoms with Crippen molar-refractivity contribution in [2.45, 2.75) is 6.42 Å². The fourth-order valence-corrected chi connectivity index (χ4v) is 1.09. The van der Waals surface area contributed by atoms with Crippen molar-refractivity contribution in [1.82, 2.24) is 0 Å². The van der Waals surface area contributed by atoms with Crippen LogP contribution < -0.4 is 10.5 Å². The van der Waals surface area contributed by atoms with Crippen LogP contribution in [0.4, 0.5) is 5.69 Å². The van der Waals surface area contributed by atoms with Gasteiger partial charge in [0.1, 0.15) is 5.75 Å². The van der Waals surface area contributed by atoms with Gasteiger partial charge in [0, 0.05) is 5.69 Å². The van der Waals surface area contributed by atoms with E-state index in [2.05, 4.69) is 9.47 Å². The number of carbonyl (C=O) groups is 2. The van der Waals surface area contributed by atoms with Crippen LogP contribution in [0.25, 0.3) is 0 Å². The summed E-state index contributed by atoms with van der Waals surface area (Å²) in [7, 11) is 1.22. The molecule has 0 aromatic heterocycles. The Kier molecular flexibility index (Phi) is 5.50. The van der Waals surface area contributed by atoms with E-state index in [1.807, 2.05) is 0 Å². The number of esters is 2. The monoisotopic (exact) mass is 253 g/mol. The van der Waals surface area contributed by atoms with Crippen molar-refractivity contribution in [2.24, 2.45) is 0 Å². The molecule has 0 bridgehead atoms. The van der Waals surface area contributed by atoms with Gasteiger partial charge in [0.25, 0.3) is 0 Å². The highest BCUT2D eigenvalue weighted by Crippen LogP contribution is 2.13. The lowest BCUT2D eigenvalue weighted by molar-refractivity contribution is -0.157. The number of methoxy groups -OCH3 is 1. The first kappa shape index (κ1) is 13.8. The van der Waals surface area contributed by atoms with Gasteiger partial charge in [-0.05, 0) is 24.3 Å². The van der Waals surface area contributed by atoms with Gasteiger partial charge in [0.15, 0.2) is 6.61 Å². The number of hydrogen-bond acceptors (Lipinski definition) is 6. The highest BCUT2D eigenvalue weighted by Gasteiger charge is 2.07. The first-order valence-electron chi connectivity index (χ1n) is 5.32. The summed E-state index contributed by atoms with van der Waals surface area (Å²) in [5, 5.41) is 0. The van der Waals surface area contributed by atoms with Crippen molar-refractivity contribution in [2.75, 3.05) is 26.1 Å². The zero-order valence-electron chi connectivity index (χ0n) is 10.0. The van der Waals surface area contributed by atoms with E-state index < -0.39 is 11.9 Å². The lowest BCUT2D eigenvalue weighted by Gasteiger charge is -2.06. The SMILES string of the molecule is COC(=O)COC(=O)CCOc1ccc(N)cc1. The second-order valence-electron chi connectivity index (χ2n) is 3.40. The second-order valence-corrected chi connectivity index (χ2v) is 3.40. The molecule has 0 atom stereocenters. The number of anilines is 1. The van der Waals surface area contributed by atoms with Gasteiger partial charge in [-0.2, -0.15) is 0 Å². The molecular weight excluding hydrogens is 238 g/mol. The lowest BCUT2D eigenvalue weighted by atomic mass is 10.3. The van der Waals surface area contributed by atoms with Gasteiger partial charge in [-0.15, -0.1) is 0 Å². The summed E-state index contributed by atoms with van der Waals surface area (Å²) in [6.45, 7) is -0.207. The smallest absolute Gasteiger partial charge is 0.344 e. The summed E-state index contributed by atoms with van der Waals surface area (Å²) in [5.74, 6) is -0.497. The molecule has 0 aliphatic rings. The van der Waals surface area contributed by atoms with Gasteiger partial charge in [-0.3, -0.25) is 4.79 Å². The summed E-state index contributed by atoms with van der Waals surface area (Å²) >= 11 is 0. The van der Waals surface area contributed by atoms with Crippen LogP contribution in [0.15, 0.2) is 24.3 Å². The fourth-order valence-electron chi connectivity index (χ4n) is 1.09. The van der Waals surface area contributed by atoms with E-state index in [0.717, 1.165) is 0 Å². The molecule has 6 nitrogen and oxygen atoms in total. The van der Waals surface area contributed by atoms with E-state index in [-0.39, 0.29) is 19.6 Å². The Morgan fingerprint density at radius 2 is 1.83 bits per heavy atom. The quantitative estimate of drug-likeness (QED) is 0.594. The average Bonchev–Trinajstić information content (AvgIpc) is 2.38. The highest BCUT2D eigenvalue weighted by atomic mass is 16.6. The topological polar surface area (TPSA) is 87.8 Å². The Labute approximate surface area is 105 Å². The Morgan fingerprint density at radius 3 is 2.44 bits per heavy atom. The summed E-state index contributed by atoms with van der Waals surface area (Å²) in [6.07, 6.45) is 0.0569. The molecule has 0 radical (unpaired) electrons. The van der Waals surface area contributed by atoms with Crippen molar-refractivity contribution in [1.29, 1.82) is 0 Å². The molecule has 0 heterocycles. The third-order valence-electron chi connectivity index (χ3n) is 2.03. The molecule has 0 saturated heterocycles. The van der Waals surface area contributed by atoms with Gasteiger partial charge < -0.3 is 19.9 Å². The maximum Gasteiger partial charge on any atom is 0.344 e. The number of nitrogen functional groups attached to an aromatic ring is 1. The van der Waals surface area contributed by atoms with Crippen LogP contribution >= 0.6 is 0 Å². The molecule has 1 aromatic carbocycles. The van der Waals surface area contributed by atoms with E-state index in [1.54, 1.807) is 24.3 Å². The minimum atomic E-state index is -0.595. The van der Waals surface area contributed by atoms with Gasteiger partial charge >= 0.3 is 11.9 Å². The number of nitrogens with two attached hydrogens (primary N) is 1. The molecule has 0 aliphatic heterocycles. The lowest BCUT2D eigenvalue weighted by Crippen LogP contribution is -2.16. The molecule has 6 heteroatoms. The van der Waals surface area contributed by atoms with Crippen LogP contribution in [0.1, 0.15) is 6.42 Å². The Morgan fingerprint density at radius 1 is 1.17 bits per heavy atom. The van der Waals surface area contributed by atoms with Crippen molar-refractivity contribution in [3.63, 3.8) is 0 Å². The van der Waals surface area contributed by atoms with Gasteiger partial charge in [-0.1, -0.05) is 0 Å². The third-order valence-corrected chi connectivity index (χ3v) is 2.03. The first-order valence-corrected chi connectivity index (χ1v) is 5.32. The molecule has 0 spiro atoms. The van der Waals surface area contributed by atoms with E-state index in [1.165, 1.54) is 7.11 Å². The van der Waals surface area contributed by atoms with Crippen LogP contribution in [-0.4, -0.2) is 32.3 Å². The zero-order valence-corrected chi connectivity index (χ0v) is 10.0. The van der Waals surface area contributed by atoms with E-state index in [0.29, 0.717) is 11.4 Å². The molecule has 1 rings (SSSR count). The summed E-state index contributed by atoms with van der Waals surface area (Å²) in [4.78, 5) is 21.9. The molecule has 1 aromatic rings. The molecule has 0 fully saturated rings. The normalized spacial score (nSPS) is 9.61. The maximum absolute atomic E-state index is 11.2. The van der Waals surface area contributed by atoms with E-state index >= 15 is 0 Å². The summed E-state index contributed by atoms with van der Waals surface area (Å²) < 4.78 is 14.3. The Balaban J connectivity index is 2.19. The summed E-state index contributed by atoms with van der Waals surface area (Å²) in [5.41, 5.74) is 6.15. The molecule has 0 aliphatic carbocycles. The van der Waals surface area contributed by atoms with Crippen LogP contribution in [0.5, 0.6) is 5.75 Å². The molecule has 98 valence electrons. The van der Waals surface area contributed by atoms with Gasteiger partial charge in [0.2, 0.25) is 0 Å². The Hall–Kier alpha value is -2.24. The summed E-state index contributed by atoms with van der Waals surface area (Å²) in [6, 6.07) is 6.81. The minimum Gasteiger partial charge on any atom is -0.493 e. The number of rotatable bonds is 6. The number of benzene rings is 1. The molecule has 0 amide bonds. The third kappa shape index (κ3) is 5.20. The molecule has 0 saturated carbocycles. The second kappa shape index (κ2) is 7.16. The van der Waals surface area contributed by atoms with Crippen molar-refractivity contribution in [3.05, 3.63) is 24.3 Å². The number of carbonyl (C=O) groups excluding carboxylic acids is 2. The zero-order chi connectivity index (χ0) is 13.4. The maximum atomic E-state index is 11.2. The van der Waals surface area contributed by atoms with Crippen LogP contribution in [0.2, 0.25) is 0 Å². The van der Waals surface area contributed by atoms with E-state index in [4.69, 9.17) is 10.5 Å². The van der Waals surface area contributed by atoms with Crippen molar-refractivity contribution >= 4 is 17.6 Å². The first-order chi connectivity index (χ1) is 8.61. The largest absolute Gasteiger partial charge is 0.493 e. The predicted molar refractivity (Wildman–Crippen MR) is 63.9 cm³/mol.